The number of alkyl halides is 1. The van der Waals surface area contributed by atoms with Crippen LogP contribution in [0.1, 0.15) is 39.2 Å². The van der Waals surface area contributed by atoms with Gasteiger partial charge < -0.3 is 19.9 Å². The molecule has 2 heterocycles. The number of imidazole rings is 1. The number of fused-ring (bicyclic) bond motifs is 3. The van der Waals surface area contributed by atoms with Crippen molar-refractivity contribution in [3.05, 3.63) is 12.7 Å². The van der Waals surface area contributed by atoms with Gasteiger partial charge in [0.1, 0.15) is 11.8 Å². The summed E-state index contributed by atoms with van der Waals surface area (Å²) in [4.78, 5) is 16.0. The van der Waals surface area contributed by atoms with Crippen LogP contribution in [0.4, 0.5) is 5.82 Å². The third-order valence-electron chi connectivity index (χ3n) is 6.83. The van der Waals surface area contributed by atoms with Gasteiger partial charge in [-0.15, -0.1) is 11.6 Å². The summed E-state index contributed by atoms with van der Waals surface area (Å²) in [6.45, 7) is 8.72. The molecule has 0 unspecified atom stereocenters. The Morgan fingerprint density at radius 2 is 2.04 bits per heavy atom. The fourth-order valence-electron chi connectivity index (χ4n) is 5.28. The van der Waals surface area contributed by atoms with Crippen molar-refractivity contribution in [1.29, 1.82) is 0 Å². The molecular weight excluding hydrogens is 376 g/mol. The van der Waals surface area contributed by atoms with Crippen molar-refractivity contribution in [2.24, 2.45) is 17.8 Å². The summed E-state index contributed by atoms with van der Waals surface area (Å²) in [7, 11) is 0. The molecule has 2 saturated carbocycles. The molecule has 0 saturated heterocycles. The third-order valence-corrected chi connectivity index (χ3v) is 7.34. The van der Waals surface area contributed by atoms with Gasteiger partial charge in [-0.1, -0.05) is 13.8 Å². The predicted molar refractivity (Wildman–Crippen MR) is 112 cm³/mol. The second-order valence-electron chi connectivity index (χ2n) is 8.08. The molecule has 7 nitrogen and oxygen atoms in total. The fourth-order valence-corrected chi connectivity index (χ4v) is 5.77. The van der Waals surface area contributed by atoms with Gasteiger partial charge in [-0.2, -0.15) is 0 Å². The molecule has 2 aromatic heterocycles. The van der Waals surface area contributed by atoms with Crippen LogP contribution in [-0.4, -0.2) is 67.7 Å². The van der Waals surface area contributed by atoms with Crippen molar-refractivity contribution in [1.82, 2.24) is 24.4 Å². The van der Waals surface area contributed by atoms with E-state index in [0.29, 0.717) is 23.8 Å². The second-order valence-corrected chi connectivity index (χ2v) is 8.64. The number of nitrogens with zero attached hydrogens (tertiary/aromatic N) is 5. The number of anilines is 1. The normalized spacial score (nSPS) is 29.2. The molecule has 154 valence electrons. The number of nitrogens with one attached hydrogen (secondary N) is 1. The molecule has 0 amide bonds. The first-order chi connectivity index (χ1) is 13.7. The van der Waals surface area contributed by atoms with E-state index in [4.69, 9.17) is 11.6 Å². The molecule has 2 fully saturated rings. The summed E-state index contributed by atoms with van der Waals surface area (Å²) < 4.78 is 2.19. The van der Waals surface area contributed by atoms with Crippen LogP contribution in [-0.2, 0) is 0 Å². The Hall–Kier alpha value is -1.44. The monoisotopic (exact) mass is 406 g/mol. The second kappa shape index (κ2) is 8.51. The molecule has 2 N–H and O–H groups in total. The van der Waals surface area contributed by atoms with Crippen molar-refractivity contribution < 1.29 is 5.11 Å². The van der Waals surface area contributed by atoms with Gasteiger partial charge in [0.15, 0.2) is 11.5 Å². The Bertz CT molecular complexity index is 794. The predicted octanol–water partition coefficient (Wildman–Crippen LogP) is 2.77. The van der Waals surface area contributed by atoms with Gasteiger partial charge in [0.25, 0.3) is 0 Å². The zero-order valence-corrected chi connectivity index (χ0v) is 17.5. The average Bonchev–Trinajstić information content (AvgIpc) is 3.38. The lowest BCUT2D eigenvalue weighted by Crippen LogP contribution is -2.25. The standard InChI is InChI=1S/C20H31ClN6O/c1-3-26(4-2)7-5-6-22-19-18-20(24-11-23-19)27(12-25-18)17-9-13-15(10-28)14(17)8-16(13)21/h11-17,28H,3-10H2,1-2H3,(H,22,23,24)/t13-,14-,15-,16-,17-/m0/s1. The molecule has 4 rings (SSSR count). The zero-order valence-electron chi connectivity index (χ0n) is 16.8. The lowest BCUT2D eigenvalue weighted by atomic mass is 9.94. The highest BCUT2D eigenvalue weighted by molar-refractivity contribution is 6.21. The minimum absolute atomic E-state index is 0.186. The van der Waals surface area contributed by atoms with E-state index in [0.717, 1.165) is 62.4 Å². The van der Waals surface area contributed by atoms with Gasteiger partial charge in [-0.05, 0) is 56.7 Å². The summed E-state index contributed by atoms with van der Waals surface area (Å²) in [5.74, 6) is 1.89. The highest BCUT2D eigenvalue weighted by atomic mass is 35.5. The largest absolute Gasteiger partial charge is 0.396 e. The highest BCUT2D eigenvalue weighted by Gasteiger charge is 2.53. The summed E-state index contributed by atoms with van der Waals surface area (Å²) in [6.07, 6.45) is 6.53. The molecule has 0 aromatic carbocycles. The smallest absolute Gasteiger partial charge is 0.165 e. The number of aliphatic hydroxyl groups is 1. The van der Waals surface area contributed by atoms with Crippen LogP contribution in [0.15, 0.2) is 12.7 Å². The van der Waals surface area contributed by atoms with Crippen molar-refractivity contribution in [2.75, 3.05) is 38.1 Å². The number of aromatic nitrogens is 4. The molecular formula is C20H31ClN6O. The molecule has 2 aliphatic carbocycles. The Kier molecular flexibility index (Phi) is 6.04. The first-order valence-corrected chi connectivity index (χ1v) is 11.0. The van der Waals surface area contributed by atoms with Gasteiger partial charge in [0, 0.05) is 24.6 Å². The lowest BCUT2D eigenvalue weighted by Gasteiger charge is -2.25. The van der Waals surface area contributed by atoms with Crippen LogP contribution >= 0.6 is 11.6 Å². The maximum Gasteiger partial charge on any atom is 0.165 e. The Morgan fingerprint density at radius 3 is 2.75 bits per heavy atom. The molecule has 0 radical (unpaired) electrons. The van der Waals surface area contributed by atoms with E-state index < -0.39 is 0 Å². The van der Waals surface area contributed by atoms with E-state index in [-0.39, 0.29) is 12.0 Å². The van der Waals surface area contributed by atoms with Crippen molar-refractivity contribution >= 4 is 28.6 Å². The molecule has 2 aliphatic rings. The van der Waals surface area contributed by atoms with Crippen LogP contribution < -0.4 is 5.32 Å². The van der Waals surface area contributed by atoms with Crippen LogP contribution in [0.3, 0.4) is 0 Å². The average molecular weight is 407 g/mol. The van der Waals surface area contributed by atoms with Crippen molar-refractivity contribution in [3.8, 4) is 0 Å². The molecule has 0 aliphatic heterocycles. The highest BCUT2D eigenvalue weighted by Crippen LogP contribution is 2.56. The first-order valence-electron chi connectivity index (χ1n) is 10.6. The van der Waals surface area contributed by atoms with Gasteiger partial charge >= 0.3 is 0 Å². The van der Waals surface area contributed by atoms with E-state index in [1.807, 2.05) is 6.33 Å². The van der Waals surface area contributed by atoms with Gasteiger partial charge in [-0.25, -0.2) is 15.0 Å². The summed E-state index contributed by atoms with van der Waals surface area (Å²) in [5, 5.41) is 13.4. The van der Waals surface area contributed by atoms with Crippen LogP contribution in [0, 0.1) is 17.8 Å². The van der Waals surface area contributed by atoms with E-state index in [1.54, 1.807) is 6.33 Å². The van der Waals surface area contributed by atoms with Crippen LogP contribution in [0.25, 0.3) is 11.2 Å². The minimum atomic E-state index is 0.186. The zero-order chi connectivity index (χ0) is 19.7. The number of hydrogen-bond donors (Lipinski definition) is 2. The Labute approximate surface area is 171 Å². The number of rotatable bonds is 9. The molecule has 28 heavy (non-hydrogen) atoms. The summed E-state index contributed by atoms with van der Waals surface area (Å²) >= 11 is 6.49. The molecule has 5 atom stereocenters. The quantitative estimate of drug-likeness (QED) is 0.492. The maximum atomic E-state index is 9.81. The minimum Gasteiger partial charge on any atom is -0.396 e. The molecule has 2 bridgehead atoms. The van der Waals surface area contributed by atoms with E-state index >= 15 is 0 Å². The van der Waals surface area contributed by atoms with Crippen LogP contribution in [0.2, 0.25) is 0 Å². The SMILES string of the molecule is CCN(CC)CCCNc1ncnc2c1ncn2[C@H]1C[C@H]2[C@H](CO)[C@@H]1C[C@@H]2Cl. The lowest BCUT2D eigenvalue weighted by molar-refractivity contribution is 0.185. The first kappa shape index (κ1) is 19.9. The number of hydrogen-bond acceptors (Lipinski definition) is 6. The summed E-state index contributed by atoms with van der Waals surface area (Å²) in [6, 6.07) is 0.313. The van der Waals surface area contributed by atoms with Crippen LogP contribution in [0.5, 0.6) is 0 Å². The van der Waals surface area contributed by atoms with Crippen molar-refractivity contribution in [3.63, 3.8) is 0 Å². The number of aliphatic hydroxyl groups excluding tert-OH is 1. The fraction of sp³-hybridized carbons (Fsp3) is 0.750. The van der Waals surface area contributed by atoms with Crippen molar-refractivity contribution in [2.45, 2.75) is 44.5 Å². The molecule has 8 heteroatoms. The van der Waals surface area contributed by atoms with Gasteiger partial charge in [-0.3, -0.25) is 0 Å². The van der Waals surface area contributed by atoms with E-state index in [1.165, 1.54) is 0 Å². The maximum absolute atomic E-state index is 9.81. The Balaban J connectivity index is 1.47. The summed E-state index contributed by atoms with van der Waals surface area (Å²) in [5.41, 5.74) is 1.71. The third kappa shape index (κ3) is 3.48. The Morgan fingerprint density at radius 1 is 1.21 bits per heavy atom. The topological polar surface area (TPSA) is 79.1 Å². The van der Waals surface area contributed by atoms with E-state index in [2.05, 4.69) is 43.6 Å². The molecule has 0 spiro atoms. The van der Waals surface area contributed by atoms with Gasteiger partial charge in [0.2, 0.25) is 0 Å². The van der Waals surface area contributed by atoms with Gasteiger partial charge in [0.05, 0.1) is 6.33 Å². The molecule has 2 aromatic rings. The number of halogens is 1. The van der Waals surface area contributed by atoms with E-state index in [9.17, 15) is 5.11 Å².